The van der Waals surface area contributed by atoms with Crippen LogP contribution in [-0.2, 0) is 31.3 Å². The van der Waals surface area contributed by atoms with Crippen LogP contribution in [0.3, 0.4) is 0 Å². The van der Waals surface area contributed by atoms with Gasteiger partial charge in [-0.05, 0) is 47.1 Å². The normalized spacial score (nSPS) is 14.9. The highest BCUT2D eigenvalue weighted by molar-refractivity contribution is 6.61. The summed E-state index contributed by atoms with van der Waals surface area (Å²) < 4.78 is 39.3. The van der Waals surface area contributed by atoms with E-state index in [1.165, 1.54) is 0 Å². The van der Waals surface area contributed by atoms with E-state index in [0.29, 0.717) is 52.0 Å². The lowest BCUT2D eigenvalue weighted by molar-refractivity contribution is -0.186. The van der Waals surface area contributed by atoms with Crippen LogP contribution < -0.4 is 5.32 Å². The van der Waals surface area contributed by atoms with Gasteiger partial charge in [0.1, 0.15) is 0 Å². The lowest BCUT2D eigenvalue weighted by Gasteiger charge is -2.29. The SMILES string of the molecule is CCO[Si](CCCNCC(C)(O)OCCC[Si](OC)(OC)OC)(OCC)OCC. The molecule has 2 N–H and O–H groups in total. The zero-order chi connectivity index (χ0) is 22.2. The maximum Gasteiger partial charge on any atom is 0.500 e. The Morgan fingerprint density at radius 3 is 1.72 bits per heavy atom. The van der Waals surface area contributed by atoms with Gasteiger partial charge in [-0.1, -0.05) is 0 Å². The van der Waals surface area contributed by atoms with E-state index in [0.717, 1.165) is 12.5 Å². The fraction of sp³-hybridized carbons (Fsp3) is 1.00. The van der Waals surface area contributed by atoms with Gasteiger partial charge in [0.25, 0.3) is 0 Å². The Morgan fingerprint density at radius 2 is 1.28 bits per heavy atom. The highest BCUT2D eigenvalue weighted by Crippen LogP contribution is 2.18. The van der Waals surface area contributed by atoms with Gasteiger partial charge in [0.2, 0.25) is 0 Å². The van der Waals surface area contributed by atoms with Crippen molar-refractivity contribution in [1.82, 2.24) is 5.32 Å². The largest absolute Gasteiger partial charge is 0.500 e. The Hall–Kier alpha value is 0.0738. The zero-order valence-electron chi connectivity index (χ0n) is 19.4. The summed E-state index contributed by atoms with van der Waals surface area (Å²) in [4.78, 5) is 0. The highest BCUT2D eigenvalue weighted by Gasteiger charge is 2.39. The third kappa shape index (κ3) is 11.9. The number of aliphatic hydroxyl groups is 1. The van der Waals surface area contributed by atoms with Crippen molar-refractivity contribution in [3.8, 4) is 0 Å². The van der Waals surface area contributed by atoms with Gasteiger partial charge in [0.05, 0.1) is 6.61 Å². The summed E-state index contributed by atoms with van der Waals surface area (Å²) >= 11 is 0. The van der Waals surface area contributed by atoms with Crippen molar-refractivity contribution in [2.75, 3.05) is 60.8 Å². The molecule has 0 heterocycles. The minimum Gasteiger partial charge on any atom is -0.377 e. The quantitative estimate of drug-likeness (QED) is 0.162. The van der Waals surface area contributed by atoms with Gasteiger partial charge in [-0.15, -0.1) is 0 Å². The molecule has 0 saturated heterocycles. The molecule has 1 unspecified atom stereocenters. The molecular formula is C18H43NO8Si2. The second-order valence-corrected chi connectivity index (χ2v) is 12.5. The maximum absolute atomic E-state index is 10.4. The summed E-state index contributed by atoms with van der Waals surface area (Å²) in [5.74, 6) is -1.26. The minimum absolute atomic E-state index is 0.320. The van der Waals surface area contributed by atoms with E-state index in [1.807, 2.05) is 20.8 Å². The average molecular weight is 458 g/mol. The van der Waals surface area contributed by atoms with E-state index < -0.39 is 23.4 Å². The Labute approximate surface area is 179 Å². The number of hydrogen-bond acceptors (Lipinski definition) is 9. The number of rotatable bonds is 20. The number of ether oxygens (including phenoxy) is 1. The highest BCUT2D eigenvalue weighted by atomic mass is 28.4. The molecule has 9 nitrogen and oxygen atoms in total. The fourth-order valence-corrected chi connectivity index (χ4v) is 7.24. The fourth-order valence-electron chi connectivity index (χ4n) is 2.94. The first-order valence-corrected chi connectivity index (χ1v) is 14.3. The van der Waals surface area contributed by atoms with E-state index in [9.17, 15) is 5.11 Å². The van der Waals surface area contributed by atoms with Gasteiger partial charge < -0.3 is 41.7 Å². The molecule has 0 radical (unpaired) electrons. The lowest BCUT2D eigenvalue weighted by Crippen LogP contribution is -2.47. The van der Waals surface area contributed by atoms with Crippen molar-refractivity contribution in [2.45, 2.75) is 58.4 Å². The predicted molar refractivity (Wildman–Crippen MR) is 116 cm³/mol. The zero-order valence-corrected chi connectivity index (χ0v) is 21.4. The smallest absolute Gasteiger partial charge is 0.377 e. The molecule has 0 aliphatic carbocycles. The number of hydrogen-bond donors (Lipinski definition) is 2. The van der Waals surface area contributed by atoms with Gasteiger partial charge in [0.15, 0.2) is 5.79 Å². The molecule has 1 atom stereocenters. The van der Waals surface area contributed by atoms with Crippen molar-refractivity contribution < 1.29 is 36.4 Å². The molecule has 0 aromatic heterocycles. The molecular weight excluding hydrogens is 414 g/mol. The molecule has 0 amide bonds. The van der Waals surface area contributed by atoms with Gasteiger partial charge in [-0.2, -0.15) is 0 Å². The van der Waals surface area contributed by atoms with Crippen molar-refractivity contribution in [2.24, 2.45) is 0 Å². The summed E-state index contributed by atoms with van der Waals surface area (Å²) in [7, 11) is -0.458. The van der Waals surface area contributed by atoms with Crippen LogP contribution in [0.4, 0.5) is 0 Å². The van der Waals surface area contributed by atoms with Gasteiger partial charge in [-0.3, -0.25) is 0 Å². The van der Waals surface area contributed by atoms with Crippen LogP contribution in [0.2, 0.25) is 12.1 Å². The first kappa shape index (κ1) is 29.1. The third-order valence-electron chi connectivity index (χ3n) is 4.36. The van der Waals surface area contributed by atoms with Crippen LogP contribution >= 0.6 is 0 Å². The molecule has 0 bridgehead atoms. The second-order valence-electron chi connectivity index (χ2n) is 6.68. The van der Waals surface area contributed by atoms with Crippen molar-refractivity contribution in [1.29, 1.82) is 0 Å². The Kier molecular flexibility index (Phi) is 15.9. The Bertz CT molecular complexity index is 375. The Balaban J connectivity index is 4.20. The van der Waals surface area contributed by atoms with Crippen LogP contribution in [0.15, 0.2) is 0 Å². The molecule has 176 valence electrons. The minimum atomic E-state index is -2.61. The van der Waals surface area contributed by atoms with E-state index in [-0.39, 0.29) is 0 Å². The molecule has 0 aromatic carbocycles. The van der Waals surface area contributed by atoms with Crippen LogP contribution in [0, 0.1) is 0 Å². The molecule has 0 fully saturated rings. The van der Waals surface area contributed by atoms with Crippen molar-refractivity contribution >= 4 is 17.6 Å². The van der Waals surface area contributed by atoms with E-state index >= 15 is 0 Å². The van der Waals surface area contributed by atoms with Gasteiger partial charge in [-0.25, -0.2) is 0 Å². The monoisotopic (exact) mass is 457 g/mol. The van der Waals surface area contributed by atoms with E-state index in [2.05, 4.69) is 5.32 Å². The summed E-state index contributed by atoms with van der Waals surface area (Å²) in [5.41, 5.74) is 0. The molecule has 0 aliphatic heterocycles. The topological polar surface area (TPSA) is 96.9 Å². The van der Waals surface area contributed by atoms with E-state index in [1.54, 1.807) is 28.3 Å². The molecule has 0 saturated carbocycles. The second kappa shape index (κ2) is 15.8. The maximum atomic E-state index is 10.4. The lowest BCUT2D eigenvalue weighted by atomic mass is 10.3. The van der Waals surface area contributed by atoms with Crippen LogP contribution in [-0.4, -0.2) is 89.3 Å². The predicted octanol–water partition coefficient (Wildman–Crippen LogP) is 2.01. The van der Waals surface area contributed by atoms with Crippen LogP contribution in [0.1, 0.15) is 40.5 Å². The van der Waals surface area contributed by atoms with E-state index in [4.69, 9.17) is 31.3 Å². The first-order valence-electron chi connectivity index (χ1n) is 10.4. The van der Waals surface area contributed by atoms with Gasteiger partial charge in [0, 0.05) is 59.8 Å². The third-order valence-corrected chi connectivity index (χ3v) is 10.3. The van der Waals surface area contributed by atoms with Crippen molar-refractivity contribution in [3.63, 3.8) is 0 Å². The van der Waals surface area contributed by atoms with Crippen molar-refractivity contribution in [3.05, 3.63) is 0 Å². The molecule has 0 rings (SSSR count). The van der Waals surface area contributed by atoms with Crippen LogP contribution in [0.25, 0.3) is 0 Å². The Morgan fingerprint density at radius 1 is 0.793 bits per heavy atom. The molecule has 0 spiro atoms. The molecule has 11 heteroatoms. The summed E-state index contributed by atoms with van der Waals surface area (Å²) in [6, 6.07) is 1.36. The summed E-state index contributed by atoms with van der Waals surface area (Å²) in [5, 5.41) is 13.6. The first-order chi connectivity index (χ1) is 13.8. The average Bonchev–Trinajstić information content (AvgIpc) is 2.69. The van der Waals surface area contributed by atoms with Crippen LogP contribution in [0.5, 0.6) is 0 Å². The standard InChI is InChI=1S/C18H43NO8Si2/c1-8-25-29(26-9-2,27-10-3)15-11-13-19-17-18(4,20)24-14-12-16-28(21-5,22-6)23-7/h19-20H,8-17H2,1-7H3. The van der Waals surface area contributed by atoms with Gasteiger partial charge >= 0.3 is 17.6 Å². The number of nitrogens with one attached hydrogen (secondary N) is 1. The molecule has 0 aromatic rings. The summed E-state index contributed by atoms with van der Waals surface area (Å²) in [6.07, 6.45) is 1.50. The molecule has 0 aliphatic rings. The summed E-state index contributed by atoms with van der Waals surface area (Å²) in [6.45, 7) is 10.6. The molecule has 29 heavy (non-hydrogen) atoms.